The van der Waals surface area contributed by atoms with E-state index in [-0.39, 0.29) is 11.6 Å². The van der Waals surface area contributed by atoms with E-state index in [1.165, 1.54) is 23.9 Å². The molecule has 1 heterocycles. The molecule has 1 N–H and O–H groups in total. The van der Waals surface area contributed by atoms with Gasteiger partial charge in [-0.25, -0.2) is 4.99 Å². The van der Waals surface area contributed by atoms with Gasteiger partial charge in [-0.15, -0.1) is 0 Å². The molecule has 1 saturated heterocycles. The lowest BCUT2D eigenvalue weighted by Crippen LogP contribution is -2.19. The fraction of sp³-hybridized carbons (Fsp3) is 0. The van der Waals surface area contributed by atoms with Crippen molar-refractivity contribution in [2.24, 2.45) is 4.99 Å². The van der Waals surface area contributed by atoms with E-state index < -0.39 is 4.92 Å². The summed E-state index contributed by atoms with van der Waals surface area (Å²) >= 11 is 13.0. The van der Waals surface area contributed by atoms with Gasteiger partial charge in [-0.05, 0) is 53.7 Å². The second-order valence-corrected chi connectivity index (χ2v) is 6.77. The van der Waals surface area contributed by atoms with Gasteiger partial charge >= 0.3 is 0 Å². The Morgan fingerprint density at radius 2 is 1.84 bits per heavy atom. The number of halogens is 2. The molecule has 126 valence electrons. The van der Waals surface area contributed by atoms with Crippen LogP contribution in [0.3, 0.4) is 0 Å². The van der Waals surface area contributed by atoms with Crippen molar-refractivity contribution in [3.05, 3.63) is 73.1 Å². The van der Waals surface area contributed by atoms with Gasteiger partial charge in [0.25, 0.3) is 11.6 Å². The van der Waals surface area contributed by atoms with Crippen LogP contribution in [0.25, 0.3) is 6.08 Å². The summed E-state index contributed by atoms with van der Waals surface area (Å²) < 4.78 is 0. The Kier molecular flexibility index (Phi) is 5.08. The van der Waals surface area contributed by atoms with Crippen LogP contribution in [0.5, 0.6) is 0 Å². The maximum Gasteiger partial charge on any atom is 0.269 e. The first-order valence-corrected chi connectivity index (χ1v) is 8.49. The van der Waals surface area contributed by atoms with Crippen molar-refractivity contribution in [3.63, 3.8) is 0 Å². The van der Waals surface area contributed by atoms with E-state index in [4.69, 9.17) is 23.2 Å². The number of nitrogens with zero attached hydrogens (tertiary/aromatic N) is 2. The highest BCUT2D eigenvalue weighted by Gasteiger charge is 2.23. The van der Waals surface area contributed by atoms with E-state index in [0.29, 0.717) is 31.4 Å². The smallest absolute Gasteiger partial charge is 0.269 e. The summed E-state index contributed by atoms with van der Waals surface area (Å²) in [7, 11) is 0. The molecule has 1 fully saturated rings. The molecule has 2 aromatic rings. The minimum absolute atomic E-state index is 0.00690. The maximum absolute atomic E-state index is 12.0. The Bertz CT molecular complexity index is 927. The highest BCUT2D eigenvalue weighted by Crippen LogP contribution is 2.31. The third-order valence-electron chi connectivity index (χ3n) is 3.19. The van der Waals surface area contributed by atoms with Crippen molar-refractivity contribution in [2.75, 3.05) is 0 Å². The number of thioether (sulfide) groups is 1. The van der Waals surface area contributed by atoms with E-state index >= 15 is 0 Å². The molecular weight excluding hydrogens is 385 g/mol. The van der Waals surface area contributed by atoms with E-state index in [2.05, 4.69) is 10.3 Å². The summed E-state index contributed by atoms with van der Waals surface area (Å²) in [6.45, 7) is 0. The molecule has 0 spiro atoms. The van der Waals surface area contributed by atoms with Gasteiger partial charge in [0.05, 0.1) is 25.6 Å². The highest BCUT2D eigenvalue weighted by atomic mass is 35.5. The Balaban J connectivity index is 1.80. The molecule has 0 aromatic heterocycles. The summed E-state index contributed by atoms with van der Waals surface area (Å²) in [5.74, 6) is -0.290. The minimum atomic E-state index is -0.476. The van der Waals surface area contributed by atoms with Crippen molar-refractivity contribution >= 4 is 63.5 Å². The normalized spacial score (nSPS) is 17.1. The number of carbonyl (C=O) groups is 1. The highest BCUT2D eigenvalue weighted by molar-refractivity contribution is 8.18. The molecule has 2 aromatic carbocycles. The Hall–Kier alpha value is -2.35. The summed E-state index contributed by atoms with van der Waals surface area (Å²) in [5.41, 5.74) is 1.24. The lowest BCUT2D eigenvalue weighted by molar-refractivity contribution is -0.384. The summed E-state index contributed by atoms with van der Waals surface area (Å²) in [4.78, 5) is 27.0. The molecule has 3 rings (SSSR count). The number of nitro groups is 1. The molecule has 1 amide bonds. The number of carbonyl (C=O) groups excluding carboxylic acids is 1. The third kappa shape index (κ3) is 4.19. The van der Waals surface area contributed by atoms with E-state index in [0.717, 1.165) is 0 Å². The molecule has 0 aliphatic carbocycles. The van der Waals surface area contributed by atoms with Gasteiger partial charge in [-0.2, -0.15) is 0 Å². The molecular formula is C16H9Cl2N3O3S. The fourth-order valence-corrected chi connectivity index (χ4v) is 3.13. The number of non-ortho nitro benzene ring substituents is 1. The molecule has 0 atom stereocenters. The standard InChI is InChI=1S/C16H9Cl2N3O3S/c17-12-6-3-10(8-13(12)18)19-16-20-15(22)14(25-16)7-9-1-4-11(5-2-9)21(23)24/h1-8H,(H,19,20,22). The largest absolute Gasteiger partial charge is 0.300 e. The number of benzene rings is 2. The molecule has 0 unspecified atom stereocenters. The van der Waals surface area contributed by atoms with Crippen LogP contribution in [0.2, 0.25) is 10.0 Å². The quantitative estimate of drug-likeness (QED) is 0.461. The molecule has 0 bridgehead atoms. The van der Waals surface area contributed by atoms with Gasteiger partial charge < -0.3 is 5.32 Å². The van der Waals surface area contributed by atoms with Crippen molar-refractivity contribution < 1.29 is 9.72 Å². The lowest BCUT2D eigenvalue weighted by Gasteiger charge is -1.99. The number of hydrogen-bond donors (Lipinski definition) is 1. The second-order valence-electron chi connectivity index (χ2n) is 4.93. The Labute approximate surface area is 156 Å². The molecule has 1 aliphatic rings. The average molecular weight is 394 g/mol. The number of hydrogen-bond acceptors (Lipinski definition) is 5. The number of nitro benzene ring substituents is 1. The monoisotopic (exact) mass is 393 g/mol. The van der Waals surface area contributed by atoms with Crippen LogP contribution in [0, 0.1) is 10.1 Å². The van der Waals surface area contributed by atoms with Gasteiger partial charge in [0.15, 0.2) is 5.17 Å². The van der Waals surface area contributed by atoms with Gasteiger partial charge in [-0.3, -0.25) is 14.9 Å². The van der Waals surface area contributed by atoms with E-state index in [1.54, 1.807) is 36.4 Å². The lowest BCUT2D eigenvalue weighted by atomic mass is 10.2. The summed E-state index contributed by atoms with van der Waals surface area (Å²) in [6.07, 6.45) is 1.64. The average Bonchev–Trinajstić information content (AvgIpc) is 2.91. The van der Waals surface area contributed by atoms with Gasteiger partial charge in [0, 0.05) is 12.1 Å². The van der Waals surface area contributed by atoms with Crippen molar-refractivity contribution in [1.82, 2.24) is 5.32 Å². The van der Waals surface area contributed by atoms with E-state index in [1.807, 2.05) is 0 Å². The number of rotatable bonds is 3. The van der Waals surface area contributed by atoms with E-state index in [9.17, 15) is 14.9 Å². The summed E-state index contributed by atoms with van der Waals surface area (Å²) in [6, 6.07) is 10.8. The van der Waals surface area contributed by atoms with Crippen LogP contribution < -0.4 is 5.32 Å². The van der Waals surface area contributed by atoms with Crippen LogP contribution in [-0.4, -0.2) is 16.0 Å². The molecule has 1 aliphatic heterocycles. The van der Waals surface area contributed by atoms with Crippen LogP contribution >= 0.6 is 35.0 Å². The summed E-state index contributed by atoms with van der Waals surface area (Å²) in [5, 5.41) is 14.5. The van der Waals surface area contributed by atoms with Crippen LogP contribution in [-0.2, 0) is 4.79 Å². The minimum Gasteiger partial charge on any atom is -0.300 e. The number of amidine groups is 1. The van der Waals surface area contributed by atoms with Crippen molar-refractivity contribution in [3.8, 4) is 0 Å². The Morgan fingerprint density at radius 3 is 2.48 bits per heavy atom. The van der Waals surface area contributed by atoms with Crippen LogP contribution in [0.4, 0.5) is 11.4 Å². The predicted octanol–water partition coefficient (Wildman–Crippen LogP) is 4.79. The van der Waals surface area contributed by atoms with Gasteiger partial charge in [0.2, 0.25) is 0 Å². The van der Waals surface area contributed by atoms with Crippen LogP contribution in [0.1, 0.15) is 5.56 Å². The van der Waals surface area contributed by atoms with Crippen molar-refractivity contribution in [2.45, 2.75) is 0 Å². The number of aliphatic imine (C=N–C) groups is 1. The second kappa shape index (κ2) is 7.26. The van der Waals surface area contributed by atoms with Gasteiger partial charge in [-0.1, -0.05) is 23.2 Å². The third-order valence-corrected chi connectivity index (χ3v) is 4.84. The first-order valence-electron chi connectivity index (χ1n) is 6.91. The van der Waals surface area contributed by atoms with Crippen LogP contribution in [0.15, 0.2) is 52.4 Å². The molecule has 0 saturated carbocycles. The molecule has 9 heteroatoms. The fourth-order valence-electron chi connectivity index (χ4n) is 2.00. The first kappa shape index (κ1) is 17.5. The zero-order chi connectivity index (χ0) is 18.0. The number of amides is 1. The molecule has 25 heavy (non-hydrogen) atoms. The SMILES string of the molecule is O=C1NC(=Nc2ccc(Cl)c(Cl)c2)SC1=Cc1ccc([N+](=O)[O-])cc1. The molecule has 6 nitrogen and oxygen atoms in total. The zero-order valence-corrected chi connectivity index (χ0v) is 14.7. The number of nitrogens with one attached hydrogen (secondary N) is 1. The first-order chi connectivity index (χ1) is 11.9. The van der Waals surface area contributed by atoms with Gasteiger partial charge in [0.1, 0.15) is 0 Å². The topological polar surface area (TPSA) is 84.6 Å². The molecule has 0 radical (unpaired) electrons. The Morgan fingerprint density at radius 1 is 1.12 bits per heavy atom. The predicted molar refractivity (Wildman–Crippen MR) is 100 cm³/mol. The zero-order valence-electron chi connectivity index (χ0n) is 12.4. The van der Waals surface area contributed by atoms with Crippen molar-refractivity contribution in [1.29, 1.82) is 0 Å². The maximum atomic E-state index is 12.0.